The summed E-state index contributed by atoms with van der Waals surface area (Å²) in [6.45, 7) is 9.34. The van der Waals surface area contributed by atoms with E-state index in [2.05, 4.69) is 15.6 Å². The number of nitrogens with one attached hydrogen (secondary N) is 2. The van der Waals surface area contributed by atoms with Crippen LogP contribution in [0.5, 0.6) is 0 Å². The largest absolute Gasteiger partial charge is 0.342 e. The molecule has 2 saturated heterocycles. The topological polar surface area (TPSA) is 74.3 Å². The van der Waals surface area contributed by atoms with Crippen molar-refractivity contribution in [3.63, 3.8) is 0 Å². The van der Waals surface area contributed by atoms with E-state index in [1.807, 2.05) is 31.1 Å². The second-order valence-electron chi connectivity index (χ2n) is 7.50. The minimum atomic E-state index is -0.455. The van der Waals surface area contributed by atoms with Crippen molar-refractivity contribution in [1.29, 1.82) is 0 Å². The van der Waals surface area contributed by atoms with Crippen molar-refractivity contribution in [3.05, 3.63) is 11.1 Å². The molecule has 2 fully saturated rings. The van der Waals surface area contributed by atoms with Crippen molar-refractivity contribution in [2.24, 2.45) is 17.3 Å². The lowest BCUT2D eigenvalue weighted by molar-refractivity contribution is -0.129. The highest BCUT2D eigenvalue weighted by Crippen LogP contribution is 2.27. The number of halogens is 2. The number of likely N-dealkylation sites (tertiary alicyclic amines) is 1. The highest BCUT2D eigenvalue weighted by Gasteiger charge is 2.38. The number of amides is 2. The summed E-state index contributed by atoms with van der Waals surface area (Å²) >= 11 is 1.37. The van der Waals surface area contributed by atoms with Gasteiger partial charge in [-0.3, -0.25) is 9.59 Å². The van der Waals surface area contributed by atoms with Gasteiger partial charge in [0.25, 0.3) is 0 Å². The number of aromatic nitrogens is 1. The number of nitrogens with zero attached hydrogens (tertiary/aromatic N) is 2. The number of hydrogen-bond donors (Lipinski definition) is 2. The Hall–Kier alpha value is -0.890. The van der Waals surface area contributed by atoms with E-state index in [0.29, 0.717) is 23.4 Å². The van der Waals surface area contributed by atoms with Gasteiger partial charge < -0.3 is 15.5 Å². The molecule has 9 heteroatoms. The number of rotatable bonds is 3. The minimum Gasteiger partial charge on any atom is -0.342 e. The zero-order chi connectivity index (χ0) is 16.6. The summed E-state index contributed by atoms with van der Waals surface area (Å²) in [6, 6.07) is 0. The van der Waals surface area contributed by atoms with Gasteiger partial charge in [0.15, 0.2) is 5.13 Å². The normalized spacial score (nSPS) is 22.0. The quantitative estimate of drug-likeness (QED) is 0.803. The van der Waals surface area contributed by atoms with Crippen LogP contribution in [0.2, 0.25) is 0 Å². The van der Waals surface area contributed by atoms with E-state index in [-0.39, 0.29) is 36.6 Å². The first-order valence-electron chi connectivity index (χ1n) is 8.07. The molecule has 2 aliphatic rings. The molecule has 142 valence electrons. The number of carbonyl (C=O) groups excluding carboxylic acids is 2. The van der Waals surface area contributed by atoms with Crippen LogP contribution in [-0.4, -0.2) is 47.9 Å². The summed E-state index contributed by atoms with van der Waals surface area (Å²) < 4.78 is 0. The Labute approximate surface area is 165 Å². The van der Waals surface area contributed by atoms with Crippen LogP contribution < -0.4 is 10.6 Å². The molecule has 3 heterocycles. The Balaban J connectivity index is 0.00000156. The first-order valence-corrected chi connectivity index (χ1v) is 8.95. The van der Waals surface area contributed by atoms with Crippen molar-refractivity contribution in [3.8, 4) is 0 Å². The summed E-state index contributed by atoms with van der Waals surface area (Å²) in [5.74, 6) is 1.29. The van der Waals surface area contributed by atoms with Crippen LogP contribution in [0, 0.1) is 17.3 Å². The van der Waals surface area contributed by atoms with Crippen molar-refractivity contribution < 1.29 is 9.59 Å². The molecule has 0 unspecified atom stereocenters. The molecule has 0 radical (unpaired) electrons. The Morgan fingerprint density at radius 3 is 2.44 bits per heavy atom. The molecule has 3 rings (SSSR count). The van der Waals surface area contributed by atoms with Crippen molar-refractivity contribution in [2.75, 3.05) is 31.5 Å². The summed E-state index contributed by atoms with van der Waals surface area (Å²) in [6.07, 6.45) is 0.314. The summed E-state index contributed by atoms with van der Waals surface area (Å²) in [5.41, 5.74) is 0.280. The summed E-state index contributed by atoms with van der Waals surface area (Å²) in [7, 11) is 0. The average Bonchev–Trinajstić information content (AvgIpc) is 3.12. The van der Waals surface area contributed by atoms with Gasteiger partial charge in [-0.1, -0.05) is 20.8 Å². The molecule has 0 saturated carbocycles. The lowest BCUT2D eigenvalue weighted by atomic mass is 9.96. The molecule has 2 aliphatic heterocycles. The van der Waals surface area contributed by atoms with Gasteiger partial charge in [0, 0.05) is 37.0 Å². The van der Waals surface area contributed by atoms with E-state index in [1.165, 1.54) is 11.3 Å². The monoisotopic (exact) mass is 408 g/mol. The predicted molar refractivity (Wildman–Crippen MR) is 105 cm³/mol. The van der Waals surface area contributed by atoms with Gasteiger partial charge >= 0.3 is 0 Å². The van der Waals surface area contributed by atoms with E-state index in [1.54, 1.807) is 0 Å². The van der Waals surface area contributed by atoms with E-state index < -0.39 is 5.41 Å². The van der Waals surface area contributed by atoms with Crippen LogP contribution in [0.15, 0.2) is 5.38 Å². The number of anilines is 1. The van der Waals surface area contributed by atoms with Gasteiger partial charge in [-0.2, -0.15) is 0 Å². The van der Waals surface area contributed by atoms with E-state index in [4.69, 9.17) is 0 Å². The van der Waals surface area contributed by atoms with Crippen LogP contribution >= 0.6 is 36.2 Å². The van der Waals surface area contributed by atoms with Crippen LogP contribution in [0.25, 0.3) is 0 Å². The maximum Gasteiger partial charge on any atom is 0.231 e. The Morgan fingerprint density at radius 2 is 1.88 bits per heavy atom. The standard InChI is InChI=1S/C16H24N4O2S.2ClH/c1-16(2,3)14(22)19-15-18-12(9-23-15)4-13(21)20-7-10-5-17-6-11(10)8-20;;/h9-11,17H,4-8H2,1-3H3,(H,18,19,22);2*1H/t10-,11+;;. The lowest BCUT2D eigenvalue weighted by Crippen LogP contribution is -2.33. The fraction of sp³-hybridized carbons (Fsp3) is 0.688. The van der Waals surface area contributed by atoms with E-state index in [9.17, 15) is 9.59 Å². The molecule has 0 aromatic carbocycles. The summed E-state index contributed by atoms with van der Waals surface area (Å²) in [5, 5.41) is 8.61. The predicted octanol–water partition coefficient (Wildman–Crippen LogP) is 2.19. The maximum atomic E-state index is 12.4. The van der Waals surface area contributed by atoms with E-state index >= 15 is 0 Å². The van der Waals surface area contributed by atoms with Gasteiger partial charge in [0.2, 0.25) is 11.8 Å². The van der Waals surface area contributed by atoms with Gasteiger partial charge in [0.05, 0.1) is 12.1 Å². The van der Waals surface area contributed by atoms with Crippen molar-refractivity contribution in [2.45, 2.75) is 27.2 Å². The Kier molecular flexibility index (Phi) is 7.68. The van der Waals surface area contributed by atoms with Gasteiger partial charge in [-0.25, -0.2) is 4.98 Å². The molecule has 1 aromatic heterocycles. The zero-order valence-corrected chi connectivity index (χ0v) is 17.2. The first-order chi connectivity index (χ1) is 10.8. The average molecular weight is 409 g/mol. The van der Waals surface area contributed by atoms with Crippen molar-refractivity contribution in [1.82, 2.24) is 15.2 Å². The molecular formula is C16H26Cl2N4O2S. The molecule has 25 heavy (non-hydrogen) atoms. The third kappa shape index (κ3) is 5.29. The summed E-state index contributed by atoms with van der Waals surface area (Å²) in [4.78, 5) is 30.7. The Morgan fingerprint density at radius 1 is 1.28 bits per heavy atom. The molecule has 2 amide bonds. The lowest BCUT2D eigenvalue weighted by Gasteiger charge is -2.17. The fourth-order valence-electron chi connectivity index (χ4n) is 3.06. The van der Waals surface area contributed by atoms with Gasteiger partial charge in [-0.05, 0) is 11.8 Å². The number of fused-ring (bicyclic) bond motifs is 1. The molecular weight excluding hydrogens is 383 g/mol. The molecule has 0 spiro atoms. The highest BCUT2D eigenvalue weighted by atomic mass is 35.5. The second-order valence-corrected chi connectivity index (χ2v) is 8.36. The van der Waals surface area contributed by atoms with Crippen LogP contribution in [-0.2, 0) is 16.0 Å². The third-order valence-corrected chi connectivity index (χ3v) is 5.33. The van der Waals surface area contributed by atoms with Crippen LogP contribution in [0.1, 0.15) is 26.5 Å². The second kappa shape index (κ2) is 8.66. The fourth-order valence-corrected chi connectivity index (χ4v) is 3.76. The van der Waals surface area contributed by atoms with Gasteiger partial charge in [0.1, 0.15) is 0 Å². The molecule has 0 bridgehead atoms. The van der Waals surface area contributed by atoms with Crippen molar-refractivity contribution >= 4 is 53.1 Å². The maximum absolute atomic E-state index is 12.4. The molecule has 6 nitrogen and oxygen atoms in total. The van der Waals surface area contributed by atoms with E-state index in [0.717, 1.165) is 31.9 Å². The SMILES string of the molecule is CC(C)(C)C(=O)Nc1nc(CC(=O)N2C[C@H]3CNC[C@H]3C2)cs1.Cl.Cl. The molecule has 0 aliphatic carbocycles. The Bertz CT molecular complexity index is 606. The zero-order valence-electron chi connectivity index (χ0n) is 14.7. The minimum absolute atomic E-state index is 0. The third-order valence-electron chi connectivity index (χ3n) is 4.53. The number of thiazole rings is 1. The van der Waals surface area contributed by atoms with Crippen LogP contribution in [0.4, 0.5) is 5.13 Å². The first kappa shape index (κ1) is 22.2. The smallest absolute Gasteiger partial charge is 0.231 e. The molecule has 2 N–H and O–H groups in total. The highest BCUT2D eigenvalue weighted by molar-refractivity contribution is 7.13. The molecule has 2 atom stereocenters. The van der Waals surface area contributed by atoms with Gasteiger partial charge in [-0.15, -0.1) is 36.2 Å². The molecule has 1 aromatic rings. The number of hydrogen-bond acceptors (Lipinski definition) is 5. The number of carbonyl (C=O) groups is 2. The van der Waals surface area contributed by atoms with Crippen LogP contribution in [0.3, 0.4) is 0 Å².